The number of hydrogen-bond acceptors (Lipinski definition) is 2. The molecule has 104 valence electrons. The highest BCUT2D eigenvalue weighted by molar-refractivity contribution is 5.31. The Hall–Kier alpha value is -1.80. The molecule has 0 spiro atoms. The van der Waals surface area contributed by atoms with E-state index in [0.717, 1.165) is 31.4 Å². The van der Waals surface area contributed by atoms with Gasteiger partial charge in [0.15, 0.2) is 0 Å². The van der Waals surface area contributed by atoms with Crippen molar-refractivity contribution in [1.82, 2.24) is 0 Å². The standard InChI is InChI=1S/C18H20O2/c19-17-7-4-8-18(17)20-16-11-9-15(10-12-16)13-14-5-2-1-3-6-14/h1-3,5-6,9-12,17-19H,4,7-8,13H2/t17-,18-/m1/s1. The summed E-state index contributed by atoms with van der Waals surface area (Å²) in [5.41, 5.74) is 2.59. The van der Waals surface area contributed by atoms with Crippen molar-refractivity contribution in [3.8, 4) is 5.75 Å². The van der Waals surface area contributed by atoms with Gasteiger partial charge in [-0.2, -0.15) is 0 Å². The van der Waals surface area contributed by atoms with Crippen molar-refractivity contribution in [1.29, 1.82) is 0 Å². The van der Waals surface area contributed by atoms with Crippen LogP contribution < -0.4 is 4.74 Å². The Morgan fingerprint density at radius 3 is 2.25 bits per heavy atom. The lowest BCUT2D eigenvalue weighted by Crippen LogP contribution is -2.25. The van der Waals surface area contributed by atoms with Gasteiger partial charge >= 0.3 is 0 Å². The second kappa shape index (κ2) is 6.10. The van der Waals surface area contributed by atoms with Crippen molar-refractivity contribution >= 4 is 0 Å². The number of aliphatic hydroxyl groups is 1. The summed E-state index contributed by atoms with van der Waals surface area (Å²) in [6.07, 6.45) is 3.46. The zero-order valence-electron chi connectivity index (χ0n) is 11.5. The predicted octanol–water partition coefficient (Wildman–Crippen LogP) is 3.57. The van der Waals surface area contributed by atoms with Crippen molar-refractivity contribution in [2.24, 2.45) is 0 Å². The summed E-state index contributed by atoms with van der Waals surface area (Å²) in [6.45, 7) is 0. The molecule has 0 saturated heterocycles. The van der Waals surface area contributed by atoms with E-state index in [0.29, 0.717) is 0 Å². The third kappa shape index (κ3) is 3.20. The van der Waals surface area contributed by atoms with Crippen LogP contribution in [0.2, 0.25) is 0 Å². The summed E-state index contributed by atoms with van der Waals surface area (Å²) in [7, 11) is 0. The van der Waals surface area contributed by atoms with Crippen LogP contribution in [-0.2, 0) is 6.42 Å². The fourth-order valence-corrected chi connectivity index (χ4v) is 2.74. The van der Waals surface area contributed by atoms with Crippen LogP contribution in [0.4, 0.5) is 0 Å². The topological polar surface area (TPSA) is 29.5 Å². The van der Waals surface area contributed by atoms with Crippen LogP contribution in [0.1, 0.15) is 30.4 Å². The van der Waals surface area contributed by atoms with E-state index in [1.54, 1.807) is 0 Å². The average Bonchev–Trinajstić information content (AvgIpc) is 2.88. The third-order valence-corrected chi connectivity index (χ3v) is 3.88. The molecule has 3 rings (SSSR count). The van der Waals surface area contributed by atoms with Gasteiger partial charge in [0, 0.05) is 0 Å². The van der Waals surface area contributed by atoms with Gasteiger partial charge < -0.3 is 9.84 Å². The Bertz CT molecular complexity index is 533. The maximum absolute atomic E-state index is 9.77. The summed E-state index contributed by atoms with van der Waals surface area (Å²) in [5, 5.41) is 9.77. The normalized spacial score (nSPS) is 21.9. The zero-order chi connectivity index (χ0) is 13.8. The third-order valence-electron chi connectivity index (χ3n) is 3.88. The van der Waals surface area contributed by atoms with Crippen LogP contribution >= 0.6 is 0 Å². The van der Waals surface area contributed by atoms with Crippen LogP contribution in [0.25, 0.3) is 0 Å². The molecule has 0 aromatic heterocycles. The number of hydrogen-bond donors (Lipinski definition) is 1. The fraction of sp³-hybridized carbons (Fsp3) is 0.333. The first kappa shape index (κ1) is 13.2. The molecule has 2 aromatic carbocycles. The second-order valence-electron chi connectivity index (χ2n) is 5.46. The monoisotopic (exact) mass is 268 g/mol. The molecule has 2 heteroatoms. The molecule has 0 aliphatic heterocycles. The van der Waals surface area contributed by atoms with E-state index in [9.17, 15) is 5.11 Å². The molecule has 0 unspecified atom stereocenters. The van der Waals surface area contributed by atoms with Gasteiger partial charge in [-0.25, -0.2) is 0 Å². The lowest BCUT2D eigenvalue weighted by Gasteiger charge is -2.17. The Balaban J connectivity index is 1.62. The largest absolute Gasteiger partial charge is 0.488 e. The molecule has 2 atom stereocenters. The van der Waals surface area contributed by atoms with Gasteiger partial charge in [0.25, 0.3) is 0 Å². The lowest BCUT2D eigenvalue weighted by molar-refractivity contribution is 0.0604. The van der Waals surface area contributed by atoms with Gasteiger partial charge in [-0.3, -0.25) is 0 Å². The Morgan fingerprint density at radius 2 is 1.60 bits per heavy atom. The summed E-state index contributed by atoms with van der Waals surface area (Å²) in [4.78, 5) is 0. The van der Waals surface area contributed by atoms with Crippen LogP contribution in [0.15, 0.2) is 54.6 Å². The van der Waals surface area contributed by atoms with Crippen LogP contribution in [0.5, 0.6) is 5.75 Å². The summed E-state index contributed by atoms with van der Waals surface area (Å²) in [5.74, 6) is 0.854. The quantitative estimate of drug-likeness (QED) is 0.918. The Kier molecular flexibility index (Phi) is 4.03. The first-order valence-corrected chi connectivity index (χ1v) is 7.29. The van der Waals surface area contributed by atoms with Crippen molar-refractivity contribution < 1.29 is 9.84 Å². The van der Waals surface area contributed by atoms with Crippen LogP contribution in [-0.4, -0.2) is 17.3 Å². The maximum atomic E-state index is 9.77. The number of aliphatic hydroxyl groups excluding tert-OH is 1. The van der Waals surface area contributed by atoms with Crippen molar-refractivity contribution in [2.75, 3.05) is 0 Å². The zero-order valence-corrected chi connectivity index (χ0v) is 11.5. The van der Waals surface area contributed by atoms with Gasteiger partial charge in [0.2, 0.25) is 0 Å². The molecule has 2 nitrogen and oxygen atoms in total. The van der Waals surface area contributed by atoms with E-state index >= 15 is 0 Å². The highest BCUT2D eigenvalue weighted by Crippen LogP contribution is 2.25. The molecular weight excluding hydrogens is 248 g/mol. The second-order valence-corrected chi connectivity index (χ2v) is 5.46. The minimum atomic E-state index is -0.306. The average molecular weight is 268 g/mol. The molecule has 1 N–H and O–H groups in total. The smallest absolute Gasteiger partial charge is 0.124 e. The SMILES string of the molecule is O[C@@H]1CCC[C@H]1Oc1ccc(Cc2ccccc2)cc1. The van der Waals surface area contributed by atoms with Crippen molar-refractivity contribution in [3.05, 3.63) is 65.7 Å². The molecule has 1 fully saturated rings. The van der Waals surface area contributed by atoms with Crippen molar-refractivity contribution in [2.45, 2.75) is 37.9 Å². The van der Waals surface area contributed by atoms with E-state index in [2.05, 4.69) is 36.4 Å². The maximum Gasteiger partial charge on any atom is 0.124 e. The predicted molar refractivity (Wildman–Crippen MR) is 80.0 cm³/mol. The molecule has 1 aliphatic carbocycles. The molecule has 2 aromatic rings. The van der Waals surface area contributed by atoms with E-state index in [1.165, 1.54) is 11.1 Å². The van der Waals surface area contributed by atoms with Gasteiger partial charge in [0.1, 0.15) is 11.9 Å². The van der Waals surface area contributed by atoms with Crippen LogP contribution in [0, 0.1) is 0 Å². The Labute approximate surface area is 120 Å². The van der Waals surface area contributed by atoms with Gasteiger partial charge in [-0.05, 0) is 48.9 Å². The molecule has 0 bridgehead atoms. The molecule has 0 radical (unpaired) electrons. The molecular formula is C18H20O2. The van der Waals surface area contributed by atoms with E-state index in [4.69, 9.17) is 4.74 Å². The minimum absolute atomic E-state index is 0.0324. The first-order chi connectivity index (χ1) is 9.81. The highest BCUT2D eigenvalue weighted by atomic mass is 16.5. The summed E-state index contributed by atoms with van der Waals surface area (Å²) in [6, 6.07) is 18.6. The lowest BCUT2D eigenvalue weighted by atomic mass is 10.1. The summed E-state index contributed by atoms with van der Waals surface area (Å²) >= 11 is 0. The van der Waals surface area contributed by atoms with Gasteiger partial charge in [-0.15, -0.1) is 0 Å². The molecule has 1 aliphatic rings. The van der Waals surface area contributed by atoms with E-state index < -0.39 is 0 Å². The highest BCUT2D eigenvalue weighted by Gasteiger charge is 2.26. The molecule has 20 heavy (non-hydrogen) atoms. The first-order valence-electron chi connectivity index (χ1n) is 7.29. The number of benzene rings is 2. The van der Waals surface area contributed by atoms with E-state index in [1.807, 2.05) is 18.2 Å². The number of rotatable bonds is 4. The van der Waals surface area contributed by atoms with Crippen molar-refractivity contribution in [3.63, 3.8) is 0 Å². The fourth-order valence-electron chi connectivity index (χ4n) is 2.74. The number of ether oxygens (including phenoxy) is 1. The molecule has 0 heterocycles. The molecule has 1 saturated carbocycles. The van der Waals surface area contributed by atoms with E-state index in [-0.39, 0.29) is 12.2 Å². The summed E-state index contributed by atoms with van der Waals surface area (Å²) < 4.78 is 5.84. The van der Waals surface area contributed by atoms with Crippen LogP contribution in [0.3, 0.4) is 0 Å². The Morgan fingerprint density at radius 1 is 0.900 bits per heavy atom. The van der Waals surface area contributed by atoms with Gasteiger partial charge in [0.05, 0.1) is 6.10 Å². The minimum Gasteiger partial charge on any atom is -0.488 e. The van der Waals surface area contributed by atoms with Gasteiger partial charge in [-0.1, -0.05) is 42.5 Å². The molecule has 0 amide bonds.